The number of hydrogen-bond acceptors (Lipinski definition) is 7. The van der Waals surface area contributed by atoms with Gasteiger partial charge < -0.3 is 15.0 Å². The number of aryl methyl sites for hydroxylation is 2. The van der Waals surface area contributed by atoms with Crippen molar-refractivity contribution in [3.63, 3.8) is 0 Å². The molecule has 0 aliphatic carbocycles. The molecule has 11 heteroatoms. The SMILES string of the molecule is CCCc1nc(C)c2c(=O)[nH]c(-c3cc(S(=O)(=O)N4CCN(CC)CC4)ccc3O)nn12. The molecule has 2 N–H and O–H groups in total. The fourth-order valence-corrected chi connectivity index (χ4v) is 5.49. The number of nitrogens with zero attached hydrogens (tertiary/aromatic N) is 5. The standard InChI is InChI=1S/C21H28N6O4S/c1-4-6-18-22-14(3)19-21(29)23-20(24-27(18)19)16-13-15(7-8-17(16)28)32(30,31)26-11-9-25(5-2)10-12-26/h7-8,13,28H,4-6,9-12H2,1-3H3,(H,23,24,29). The molecule has 4 rings (SSSR count). The summed E-state index contributed by atoms with van der Waals surface area (Å²) in [6, 6.07) is 4.06. The third kappa shape index (κ3) is 3.91. The Hall–Kier alpha value is -2.76. The average Bonchev–Trinajstić information content (AvgIpc) is 3.09. The number of likely N-dealkylation sites (N-methyl/N-ethyl adjacent to an activating group) is 1. The fraction of sp³-hybridized carbons (Fsp3) is 0.476. The highest BCUT2D eigenvalue weighted by Crippen LogP contribution is 2.30. The first kappa shape index (κ1) is 22.4. The van der Waals surface area contributed by atoms with Gasteiger partial charge in [0, 0.05) is 32.6 Å². The molecule has 0 saturated carbocycles. The number of sulfonamides is 1. The van der Waals surface area contributed by atoms with Gasteiger partial charge in [0.05, 0.1) is 16.2 Å². The summed E-state index contributed by atoms with van der Waals surface area (Å²) in [5.74, 6) is 0.558. The molecule has 2 aromatic heterocycles. The van der Waals surface area contributed by atoms with Gasteiger partial charge in [0.1, 0.15) is 11.6 Å². The van der Waals surface area contributed by atoms with Gasteiger partial charge in [-0.1, -0.05) is 13.8 Å². The van der Waals surface area contributed by atoms with Gasteiger partial charge in [0.2, 0.25) is 10.0 Å². The lowest BCUT2D eigenvalue weighted by molar-refractivity contribution is 0.196. The normalized spacial score (nSPS) is 16.1. The summed E-state index contributed by atoms with van der Waals surface area (Å²) in [7, 11) is -3.75. The molecular weight excluding hydrogens is 432 g/mol. The van der Waals surface area contributed by atoms with Crippen LogP contribution in [0.15, 0.2) is 27.9 Å². The molecule has 0 spiro atoms. The van der Waals surface area contributed by atoms with Crippen molar-refractivity contribution in [2.45, 2.75) is 38.5 Å². The summed E-state index contributed by atoms with van der Waals surface area (Å²) in [5, 5.41) is 15.0. The average molecular weight is 461 g/mol. The molecule has 0 amide bonds. The van der Waals surface area contributed by atoms with E-state index in [9.17, 15) is 18.3 Å². The molecule has 0 radical (unpaired) electrons. The van der Waals surface area contributed by atoms with E-state index in [4.69, 9.17) is 0 Å². The minimum atomic E-state index is -3.75. The van der Waals surface area contributed by atoms with Gasteiger partial charge in [0.15, 0.2) is 11.3 Å². The Kier molecular flexibility index (Phi) is 6.06. The molecule has 1 aliphatic rings. The number of phenols is 1. The highest BCUT2D eigenvalue weighted by molar-refractivity contribution is 7.89. The molecule has 1 fully saturated rings. The molecule has 1 aromatic carbocycles. The highest BCUT2D eigenvalue weighted by Gasteiger charge is 2.29. The number of phenolic OH excluding ortho intramolecular Hbond substituents is 1. The Labute approximate surface area is 186 Å². The van der Waals surface area contributed by atoms with Gasteiger partial charge in [-0.05, 0) is 38.1 Å². The number of nitrogens with one attached hydrogen (secondary N) is 1. The number of benzene rings is 1. The number of rotatable bonds is 6. The van der Waals surface area contributed by atoms with E-state index in [1.165, 1.54) is 27.0 Å². The zero-order chi connectivity index (χ0) is 23.0. The number of H-pyrrole nitrogens is 1. The Morgan fingerprint density at radius 3 is 2.53 bits per heavy atom. The van der Waals surface area contributed by atoms with Crippen molar-refractivity contribution < 1.29 is 13.5 Å². The minimum Gasteiger partial charge on any atom is -0.507 e. The topological polar surface area (TPSA) is 124 Å². The number of hydrogen-bond donors (Lipinski definition) is 2. The van der Waals surface area contributed by atoms with Crippen LogP contribution in [0.4, 0.5) is 0 Å². The Balaban J connectivity index is 1.77. The Morgan fingerprint density at radius 2 is 1.88 bits per heavy atom. The fourth-order valence-electron chi connectivity index (χ4n) is 4.04. The summed E-state index contributed by atoms with van der Waals surface area (Å²) in [4.78, 5) is 22.1. The van der Waals surface area contributed by atoms with Crippen molar-refractivity contribution in [2.75, 3.05) is 32.7 Å². The monoisotopic (exact) mass is 460 g/mol. The van der Waals surface area contributed by atoms with Crippen LogP contribution in [-0.4, -0.2) is 75.0 Å². The van der Waals surface area contributed by atoms with Crippen molar-refractivity contribution in [3.8, 4) is 17.1 Å². The van der Waals surface area contributed by atoms with Crippen LogP contribution < -0.4 is 5.56 Å². The zero-order valence-electron chi connectivity index (χ0n) is 18.5. The Bertz CT molecular complexity index is 1310. The predicted molar refractivity (Wildman–Crippen MR) is 120 cm³/mol. The molecular formula is C21H28N6O4S. The largest absolute Gasteiger partial charge is 0.507 e. The van der Waals surface area contributed by atoms with Crippen LogP contribution in [0.1, 0.15) is 31.8 Å². The molecule has 0 bridgehead atoms. The van der Waals surface area contributed by atoms with E-state index in [-0.39, 0.29) is 22.0 Å². The summed E-state index contributed by atoms with van der Waals surface area (Å²) < 4.78 is 29.4. The maximum Gasteiger partial charge on any atom is 0.277 e. The summed E-state index contributed by atoms with van der Waals surface area (Å²) in [5.41, 5.74) is 0.659. The lowest BCUT2D eigenvalue weighted by Crippen LogP contribution is -2.48. The predicted octanol–water partition coefficient (Wildman–Crippen LogP) is 1.38. The van der Waals surface area contributed by atoms with Gasteiger partial charge in [0.25, 0.3) is 5.56 Å². The van der Waals surface area contributed by atoms with Crippen LogP contribution in [0.2, 0.25) is 0 Å². The molecule has 0 unspecified atom stereocenters. The molecule has 3 aromatic rings. The number of aromatic amines is 1. The van der Waals surface area contributed by atoms with E-state index in [2.05, 4.69) is 26.9 Å². The number of fused-ring (bicyclic) bond motifs is 1. The van der Waals surface area contributed by atoms with Crippen molar-refractivity contribution in [1.82, 2.24) is 28.8 Å². The van der Waals surface area contributed by atoms with Crippen LogP contribution in [0.3, 0.4) is 0 Å². The lowest BCUT2D eigenvalue weighted by Gasteiger charge is -2.33. The third-order valence-electron chi connectivity index (χ3n) is 5.86. The second-order valence-electron chi connectivity index (χ2n) is 7.94. The van der Waals surface area contributed by atoms with Gasteiger partial charge in [-0.2, -0.15) is 4.31 Å². The van der Waals surface area contributed by atoms with Crippen LogP contribution in [-0.2, 0) is 16.4 Å². The summed E-state index contributed by atoms with van der Waals surface area (Å²) >= 11 is 0. The summed E-state index contributed by atoms with van der Waals surface area (Å²) in [6.07, 6.45) is 1.46. The van der Waals surface area contributed by atoms with Gasteiger partial charge in [-0.15, -0.1) is 5.10 Å². The number of piperazine rings is 1. The van der Waals surface area contributed by atoms with Crippen molar-refractivity contribution in [2.24, 2.45) is 0 Å². The molecule has 32 heavy (non-hydrogen) atoms. The molecule has 3 heterocycles. The first-order valence-electron chi connectivity index (χ1n) is 10.8. The second kappa shape index (κ2) is 8.64. The molecule has 1 aliphatic heterocycles. The molecule has 10 nitrogen and oxygen atoms in total. The number of aromatic hydroxyl groups is 1. The van der Waals surface area contributed by atoms with Gasteiger partial charge in [-0.25, -0.2) is 17.9 Å². The van der Waals surface area contributed by atoms with E-state index in [0.717, 1.165) is 13.0 Å². The molecule has 1 saturated heterocycles. The highest BCUT2D eigenvalue weighted by atomic mass is 32.2. The first-order valence-corrected chi connectivity index (χ1v) is 12.2. The maximum atomic E-state index is 13.2. The second-order valence-corrected chi connectivity index (χ2v) is 9.88. The van der Waals surface area contributed by atoms with E-state index in [1.54, 1.807) is 6.92 Å². The van der Waals surface area contributed by atoms with Crippen molar-refractivity contribution in [1.29, 1.82) is 0 Å². The van der Waals surface area contributed by atoms with Crippen LogP contribution in [0.25, 0.3) is 16.9 Å². The third-order valence-corrected chi connectivity index (χ3v) is 7.75. The number of imidazole rings is 1. The van der Waals surface area contributed by atoms with Gasteiger partial charge >= 0.3 is 0 Å². The number of aromatic nitrogens is 4. The lowest BCUT2D eigenvalue weighted by atomic mass is 10.2. The molecule has 0 atom stereocenters. The first-order chi connectivity index (χ1) is 15.3. The van der Waals surface area contributed by atoms with E-state index < -0.39 is 15.6 Å². The minimum absolute atomic E-state index is 0.0496. The van der Waals surface area contributed by atoms with Crippen LogP contribution in [0.5, 0.6) is 5.75 Å². The summed E-state index contributed by atoms with van der Waals surface area (Å²) in [6.45, 7) is 8.84. The van der Waals surface area contributed by atoms with E-state index in [1.807, 2.05) is 6.92 Å². The zero-order valence-corrected chi connectivity index (χ0v) is 19.3. The van der Waals surface area contributed by atoms with Crippen LogP contribution >= 0.6 is 0 Å². The Morgan fingerprint density at radius 1 is 1.16 bits per heavy atom. The van der Waals surface area contributed by atoms with Crippen molar-refractivity contribution in [3.05, 3.63) is 40.1 Å². The van der Waals surface area contributed by atoms with Gasteiger partial charge in [-0.3, -0.25) is 4.79 Å². The van der Waals surface area contributed by atoms with E-state index >= 15 is 0 Å². The quantitative estimate of drug-likeness (QED) is 0.569. The smallest absolute Gasteiger partial charge is 0.277 e. The maximum absolute atomic E-state index is 13.2. The van der Waals surface area contributed by atoms with Crippen molar-refractivity contribution >= 4 is 15.5 Å². The van der Waals surface area contributed by atoms with E-state index in [0.29, 0.717) is 49.6 Å². The van der Waals surface area contributed by atoms with Crippen LogP contribution in [0, 0.1) is 6.92 Å². The molecule has 172 valence electrons.